The first-order valence-electron chi connectivity index (χ1n) is 20.2. The van der Waals surface area contributed by atoms with Crippen LogP contribution in [0.25, 0.3) is 22.5 Å². The van der Waals surface area contributed by atoms with Gasteiger partial charge in [0.05, 0.1) is 72.8 Å². The Bertz CT molecular complexity index is 2400. The number of aromatic nitrogens is 7. The summed E-state index contributed by atoms with van der Waals surface area (Å²) >= 11 is 0. The number of hydrogen-bond acceptors (Lipinski definition) is 13. The van der Waals surface area contributed by atoms with Gasteiger partial charge in [0.15, 0.2) is 11.5 Å². The second-order valence-corrected chi connectivity index (χ2v) is 16.0. The molecule has 16 heteroatoms. The Hall–Kier alpha value is -6.23. The molecule has 0 radical (unpaired) electrons. The van der Waals surface area contributed by atoms with E-state index >= 15 is 0 Å². The first kappa shape index (κ1) is 37.4. The summed E-state index contributed by atoms with van der Waals surface area (Å²) in [6.07, 6.45) is 13.3. The molecular weight excluding hydrogens is 735 g/mol. The molecule has 0 spiro atoms. The number of carbonyl (C=O) groups is 2. The highest BCUT2D eigenvalue weighted by atomic mass is 16.5. The fraction of sp³-hybridized carbons (Fsp3) is 0.452. The van der Waals surface area contributed by atoms with Crippen molar-refractivity contribution >= 4 is 34.2 Å². The molecule has 1 saturated carbocycles. The van der Waals surface area contributed by atoms with Crippen LogP contribution in [0.3, 0.4) is 0 Å². The lowest BCUT2D eigenvalue weighted by Crippen LogP contribution is -2.59. The zero-order chi connectivity index (χ0) is 39.8. The number of nitrogens with zero attached hydrogens (tertiary/aromatic N) is 11. The summed E-state index contributed by atoms with van der Waals surface area (Å²) in [5.41, 5.74) is 5.44. The lowest BCUT2D eigenvalue weighted by atomic mass is 9.79. The highest BCUT2D eigenvalue weighted by Crippen LogP contribution is 2.38. The van der Waals surface area contributed by atoms with Gasteiger partial charge in [-0.15, -0.1) is 5.10 Å². The highest BCUT2D eigenvalue weighted by Gasteiger charge is 2.41. The van der Waals surface area contributed by atoms with Gasteiger partial charge in [0.1, 0.15) is 17.8 Å². The SMILES string of the molecule is C[C@H](C#N)Nc1cc(-n2ncc3cc(C#N)cnc32)ncc1-n1cc(C2CCC(CCN3CCN(c4ccc(C5CCC(=O)NC5=O)cc4)[C@H]4COC[C@H]43)CC2)nn1. The molecule has 2 amide bonds. The molecule has 16 nitrogen and oxygen atoms in total. The number of imide groups is 1. The molecule has 296 valence electrons. The number of nitriles is 2. The number of carbonyl (C=O) groups excluding carboxylic acids is 2. The number of piperidine rings is 1. The van der Waals surface area contributed by atoms with Gasteiger partial charge in [-0.05, 0) is 81.7 Å². The number of nitrogens with one attached hydrogen (secondary N) is 2. The number of anilines is 2. The minimum atomic E-state index is -0.472. The van der Waals surface area contributed by atoms with Crippen LogP contribution in [0.5, 0.6) is 0 Å². The molecule has 4 aliphatic rings. The quantitative estimate of drug-likeness (QED) is 0.190. The topological polar surface area (TPSA) is 196 Å². The van der Waals surface area contributed by atoms with E-state index in [0.29, 0.717) is 71.8 Å². The maximum atomic E-state index is 12.4. The first-order chi connectivity index (χ1) is 28.3. The number of fused-ring (bicyclic) bond motifs is 2. The Morgan fingerprint density at radius 2 is 1.81 bits per heavy atom. The van der Waals surface area contributed by atoms with Gasteiger partial charge in [0.25, 0.3) is 0 Å². The summed E-state index contributed by atoms with van der Waals surface area (Å²) in [5, 5.41) is 39.0. The van der Waals surface area contributed by atoms with Crippen LogP contribution in [0.1, 0.15) is 80.5 Å². The van der Waals surface area contributed by atoms with Crippen LogP contribution in [0.15, 0.2) is 61.2 Å². The highest BCUT2D eigenvalue weighted by molar-refractivity contribution is 6.01. The molecule has 4 aromatic heterocycles. The van der Waals surface area contributed by atoms with Crippen LogP contribution in [-0.4, -0.2) is 102 Å². The second kappa shape index (κ2) is 16.0. The molecule has 5 aromatic rings. The van der Waals surface area contributed by atoms with Crippen LogP contribution < -0.4 is 15.5 Å². The first-order valence-corrected chi connectivity index (χ1v) is 20.2. The van der Waals surface area contributed by atoms with Gasteiger partial charge < -0.3 is 15.0 Å². The van der Waals surface area contributed by atoms with Gasteiger partial charge in [-0.25, -0.2) is 14.6 Å². The normalized spacial score (nSPS) is 24.2. The molecule has 1 unspecified atom stereocenters. The van der Waals surface area contributed by atoms with Gasteiger partial charge in [-0.1, -0.05) is 17.3 Å². The lowest BCUT2D eigenvalue weighted by Gasteiger charge is -2.45. The Balaban J connectivity index is 0.806. The molecule has 9 rings (SSSR count). The van der Waals surface area contributed by atoms with Crippen molar-refractivity contribution in [1.82, 2.24) is 45.0 Å². The predicted molar refractivity (Wildman–Crippen MR) is 213 cm³/mol. The van der Waals surface area contributed by atoms with Gasteiger partial charge in [-0.2, -0.15) is 20.3 Å². The number of benzene rings is 1. The molecule has 4 fully saturated rings. The average Bonchev–Trinajstić information content (AvgIpc) is 4.04. The third-order valence-electron chi connectivity index (χ3n) is 12.4. The van der Waals surface area contributed by atoms with E-state index in [1.54, 1.807) is 34.7 Å². The van der Waals surface area contributed by atoms with E-state index in [-0.39, 0.29) is 17.7 Å². The van der Waals surface area contributed by atoms with E-state index < -0.39 is 6.04 Å². The van der Waals surface area contributed by atoms with Crippen LogP contribution in [-0.2, 0) is 14.3 Å². The summed E-state index contributed by atoms with van der Waals surface area (Å²) in [4.78, 5) is 38.3. The molecule has 1 aromatic carbocycles. The van der Waals surface area contributed by atoms with Gasteiger partial charge in [-0.3, -0.25) is 19.8 Å². The van der Waals surface area contributed by atoms with Crippen LogP contribution in [0, 0.1) is 28.6 Å². The number of piperazine rings is 1. The monoisotopic (exact) mass is 779 g/mol. The lowest BCUT2D eigenvalue weighted by molar-refractivity contribution is -0.134. The fourth-order valence-electron chi connectivity index (χ4n) is 9.20. The van der Waals surface area contributed by atoms with Crippen molar-refractivity contribution in [2.24, 2.45) is 5.92 Å². The minimum Gasteiger partial charge on any atom is -0.378 e. The predicted octanol–water partition coefficient (Wildman–Crippen LogP) is 4.37. The van der Waals surface area contributed by atoms with Crippen molar-refractivity contribution in [3.05, 3.63) is 78.0 Å². The summed E-state index contributed by atoms with van der Waals surface area (Å²) < 4.78 is 9.41. The summed E-state index contributed by atoms with van der Waals surface area (Å²) in [6.45, 7) is 6.21. The Labute approximate surface area is 335 Å². The van der Waals surface area contributed by atoms with E-state index in [4.69, 9.17) is 4.74 Å². The van der Waals surface area contributed by atoms with Crippen LogP contribution in [0.2, 0.25) is 0 Å². The van der Waals surface area contributed by atoms with E-state index in [9.17, 15) is 20.1 Å². The Kier molecular flexibility index (Phi) is 10.3. The van der Waals surface area contributed by atoms with Crippen molar-refractivity contribution in [1.29, 1.82) is 10.5 Å². The maximum absolute atomic E-state index is 12.4. The standard InChI is InChI=1S/C42H45N13O3/c1-26(18-43)48-34-17-39(55-41-31(21-47-55)16-28(19-44)20-46-41)45-22-36(34)54-23-35(50-51-54)30-4-2-27(3-5-30)12-13-52-14-15-53(38-25-58-24-37(38)52)32-8-6-29(7-9-32)33-10-11-40(56)49-42(33)57/h6-9,16-17,20-23,26-27,30,33,37-38H,2-5,10-15,24-25H2,1H3,(H,45,48)(H,49,56,57)/t26-,27?,30?,33?,37-,38+/m1/s1. The number of rotatable bonds is 10. The van der Waals surface area contributed by atoms with Crippen molar-refractivity contribution < 1.29 is 14.3 Å². The fourth-order valence-corrected chi connectivity index (χ4v) is 9.20. The molecular formula is C42H45N13O3. The molecule has 3 aliphatic heterocycles. The van der Waals surface area contributed by atoms with Crippen LogP contribution in [0.4, 0.5) is 11.4 Å². The average molecular weight is 780 g/mol. The van der Waals surface area contributed by atoms with E-state index in [1.807, 2.05) is 24.4 Å². The molecule has 1 aliphatic carbocycles. The summed E-state index contributed by atoms with van der Waals surface area (Å²) in [7, 11) is 0. The zero-order valence-corrected chi connectivity index (χ0v) is 32.4. The number of amides is 2. The van der Waals surface area contributed by atoms with E-state index in [2.05, 4.69) is 70.1 Å². The second-order valence-electron chi connectivity index (χ2n) is 16.0. The number of pyridine rings is 2. The summed E-state index contributed by atoms with van der Waals surface area (Å²) in [6, 6.07) is 16.4. The number of hydrogen-bond donors (Lipinski definition) is 2. The van der Waals surface area contributed by atoms with Gasteiger partial charge in [0.2, 0.25) is 11.8 Å². The molecule has 2 N–H and O–H groups in total. The van der Waals surface area contributed by atoms with Crippen molar-refractivity contribution in [3.63, 3.8) is 0 Å². The zero-order valence-electron chi connectivity index (χ0n) is 32.4. The molecule has 0 bridgehead atoms. The van der Waals surface area contributed by atoms with E-state index in [1.165, 1.54) is 6.20 Å². The summed E-state index contributed by atoms with van der Waals surface area (Å²) in [5.74, 6) is 0.825. The third kappa shape index (κ3) is 7.37. The van der Waals surface area contributed by atoms with Gasteiger partial charge >= 0.3 is 0 Å². The van der Waals surface area contributed by atoms with Crippen molar-refractivity contribution in [2.75, 3.05) is 43.1 Å². The van der Waals surface area contributed by atoms with Gasteiger partial charge in [0, 0.05) is 48.8 Å². The Morgan fingerprint density at radius 1 is 0.983 bits per heavy atom. The molecule has 4 atom stereocenters. The largest absolute Gasteiger partial charge is 0.378 e. The third-order valence-corrected chi connectivity index (χ3v) is 12.4. The van der Waals surface area contributed by atoms with Crippen molar-refractivity contribution in [3.8, 4) is 23.6 Å². The molecule has 3 saturated heterocycles. The molecule has 58 heavy (non-hydrogen) atoms. The number of ether oxygens (including phenoxy) is 1. The van der Waals surface area contributed by atoms with E-state index in [0.717, 1.165) is 80.7 Å². The Morgan fingerprint density at radius 3 is 2.60 bits per heavy atom. The minimum absolute atomic E-state index is 0.191. The van der Waals surface area contributed by atoms with Crippen molar-refractivity contribution in [2.45, 2.75) is 81.8 Å². The maximum Gasteiger partial charge on any atom is 0.234 e. The smallest absolute Gasteiger partial charge is 0.234 e. The van der Waals surface area contributed by atoms with Crippen LogP contribution >= 0.6 is 0 Å². The molecule has 7 heterocycles.